The van der Waals surface area contributed by atoms with Gasteiger partial charge in [-0.2, -0.15) is 5.26 Å². The SMILES string of the molecule is N#C/N=C(\N)NCc1ccccc1Cl. The maximum Gasteiger partial charge on any atom is 0.209 e. The van der Waals surface area contributed by atoms with Gasteiger partial charge in [-0.15, -0.1) is 4.99 Å². The van der Waals surface area contributed by atoms with Crippen LogP contribution >= 0.6 is 11.6 Å². The van der Waals surface area contributed by atoms with E-state index in [1.807, 2.05) is 18.2 Å². The molecule has 0 unspecified atom stereocenters. The zero-order chi connectivity index (χ0) is 10.4. The number of aliphatic imine (C=N–C) groups is 1. The molecule has 3 N–H and O–H groups in total. The summed E-state index contributed by atoms with van der Waals surface area (Å²) < 4.78 is 0. The topological polar surface area (TPSA) is 74.2 Å². The fraction of sp³-hybridized carbons (Fsp3) is 0.111. The van der Waals surface area contributed by atoms with E-state index in [0.29, 0.717) is 11.6 Å². The fourth-order valence-corrected chi connectivity index (χ4v) is 1.12. The third-order valence-corrected chi connectivity index (χ3v) is 1.96. The van der Waals surface area contributed by atoms with Crippen molar-refractivity contribution in [3.63, 3.8) is 0 Å². The quantitative estimate of drug-likeness (QED) is 0.436. The standard InChI is InChI=1S/C9H9ClN4/c10-8-4-2-1-3-7(8)5-13-9(12)14-6-11/h1-4H,5H2,(H3,12,13,14). The Morgan fingerprint density at radius 2 is 2.29 bits per heavy atom. The van der Waals surface area contributed by atoms with E-state index in [-0.39, 0.29) is 5.96 Å². The number of hydrogen-bond donors (Lipinski definition) is 2. The number of nitrogens with one attached hydrogen (secondary N) is 1. The Morgan fingerprint density at radius 1 is 1.57 bits per heavy atom. The fourth-order valence-electron chi connectivity index (χ4n) is 0.921. The van der Waals surface area contributed by atoms with Crippen molar-refractivity contribution in [3.8, 4) is 6.19 Å². The van der Waals surface area contributed by atoms with Crippen molar-refractivity contribution >= 4 is 17.6 Å². The number of nitrogens with two attached hydrogens (primary N) is 1. The average molecular weight is 209 g/mol. The number of hydrogen-bond acceptors (Lipinski definition) is 2. The molecule has 72 valence electrons. The van der Waals surface area contributed by atoms with Gasteiger partial charge in [-0.1, -0.05) is 29.8 Å². The summed E-state index contributed by atoms with van der Waals surface area (Å²) in [7, 11) is 0. The van der Waals surface area contributed by atoms with E-state index in [1.54, 1.807) is 12.3 Å². The molecule has 0 saturated heterocycles. The number of halogens is 1. The van der Waals surface area contributed by atoms with Crippen LogP contribution in [-0.4, -0.2) is 5.96 Å². The van der Waals surface area contributed by atoms with Gasteiger partial charge in [0.25, 0.3) is 0 Å². The van der Waals surface area contributed by atoms with Crippen molar-refractivity contribution in [1.29, 1.82) is 5.26 Å². The van der Waals surface area contributed by atoms with Gasteiger partial charge in [0.05, 0.1) is 0 Å². The Hall–Kier alpha value is -1.73. The Bertz CT molecular complexity index is 381. The van der Waals surface area contributed by atoms with Crippen LogP contribution in [0.15, 0.2) is 29.3 Å². The molecular formula is C9H9ClN4. The van der Waals surface area contributed by atoms with E-state index >= 15 is 0 Å². The molecule has 14 heavy (non-hydrogen) atoms. The molecule has 0 aliphatic carbocycles. The molecule has 0 aliphatic heterocycles. The minimum absolute atomic E-state index is 0.0902. The lowest BCUT2D eigenvalue weighted by Gasteiger charge is -2.05. The third kappa shape index (κ3) is 2.96. The first-order chi connectivity index (χ1) is 6.74. The van der Waals surface area contributed by atoms with E-state index < -0.39 is 0 Å². The molecule has 0 spiro atoms. The van der Waals surface area contributed by atoms with Crippen molar-refractivity contribution < 1.29 is 0 Å². The van der Waals surface area contributed by atoms with E-state index in [9.17, 15) is 0 Å². The molecule has 0 atom stereocenters. The molecule has 0 bridgehead atoms. The van der Waals surface area contributed by atoms with Crippen LogP contribution in [0.1, 0.15) is 5.56 Å². The minimum Gasteiger partial charge on any atom is -0.369 e. The molecule has 0 aliphatic rings. The average Bonchev–Trinajstić information content (AvgIpc) is 2.17. The summed E-state index contributed by atoms with van der Waals surface area (Å²) in [6, 6.07) is 7.38. The normalized spacial score (nSPS) is 10.7. The Kier molecular flexibility index (Phi) is 3.77. The number of rotatable bonds is 2. The lowest BCUT2D eigenvalue weighted by molar-refractivity contribution is 0.904. The van der Waals surface area contributed by atoms with Gasteiger partial charge >= 0.3 is 0 Å². The molecule has 0 aromatic heterocycles. The molecule has 0 saturated carbocycles. The molecule has 4 nitrogen and oxygen atoms in total. The zero-order valence-corrected chi connectivity index (χ0v) is 8.12. The highest BCUT2D eigenvalue weighted by Crippen LogP contribution is 2.13. The molecule has 5 heteroatoms. The highest BCUT2D eigenvalue weighted by Gasteiger charge is 1.98. The van der Waals surface area contributed by atoms with Gasteiger partial charge in [0.1, 0.15) is 0 Å². The summed E-state index contributed by atoms with van der Waals surface area (Å²) in [5.41, 5.74) is 6.26. The van der Waals surface area contributed by atoms with Crippen LogP contribution in [0.2, 0.25) is 5.02 Å². The van der Waals surface area contributed by atoms with E-state index in [4.69, 9.17) is 22.6 Å². The van der Waals surface area contributed by atoms with Crippen LogP contribution in [0.3, 0.4) is 0 Å². The van der Waals surface area contributed by atoms with Crippen LogP contribution < -0.4 is 11.1 Å². The molecule has 0 fully saturated rings. The lowest BCUT2D eigenvalue weighted by atomic mass is 10.2. The predicted molar refractivity (Wildman–Crippen MR) is 55.5 cm³/mol. The van der Waals surface area contributed by atoms with E-state index in [1.165, 1.54) is 0 Å². The highest BCUT2D eigenvalue weighted by molar-refractivity contribution is 6.31. The maximum atomic E-state index is 8.20. The zero-order valence-electron chi connectivity index (χ0n) is 7.37. The van der Waals surface area contributed by atoms with Gasteiger partial charge in [0, 0.05) is 11.6 Å². The first kappa shape index (κ1) is 10.4. The van der Waals surface area contributed by atoms with Gasteiger partial charge in [0.15, 0.2) is 0 Å². The van der Waals surface area contributed by atoms with Crippen molar-refractivity contribution in [3.05, 3.63) is 34.9 Å². The summed E-state index contributed by atoms with van der Waals surface area (Å²) in [5.74, 6) is 0.0902. The van der Waals surface area contributed by atoms with Gasteiger partial charge < -0.3 is 11.1 Å². The Morgan fingerprint density at radius 3 is 2.93 bits per heavy atom. The van der Waals surface area contributed by atoms with Crippen molar-refractivity contribution in [2.24, 2.45) is 10.7 Å². The van der Waals surface area contributed by atoms with E-state index in [0.717, 1.165) is 5.56 Å². The largest absolute Gasteiger partial charge is 0.369 e. The second-order valence-corrected chi connectivity index (χ2v) is 2.95. The number of nitriles is 1. The molecule has 0 heterocycles. The lowest BCUT2D eigenvalue weighted by Crippen LogP contribution is -2.30. The Labute approximate surface area is 87.0 Å². The molecule has 1 rings (SSSR count). The highest BCUT2D eigenvalue weighted by atomic mass is 35.5. The summed E-state index contributed by atoms with van der Waals surface area (Å²) in [5, 5.41) is 11.6. The van der Waals surface area contributed by atoms with E-state index in [2.05, 4.69) is 10.3 Å². The van der Waals surface area contributed by atoms with Crippen LogP contribution in [0, 0.1) is 11.5 Å². The first-order valence-electron chi connectivity index (χ1n) is 3.93. The summed E-state index contributed by atoms with van der Waals surface area (Å²) in [6.07, 6.45) is 1.59. The number of nitrogens with zero attached hydrogens (tertiary/aromatic N) is 2. The number of guanidine groups is 1. The molecule has 0 radical (unpaired) electrons. The van der Waals surface area contributed by atoms with Crippen molar-refractivity contribution in [1.82, 2.24) is 5.32 Å². The molecular weight excluding hydrogens is 200 g/mol. The second kappa shape index (κ2) is 5.10. The van der Waals surface area contributed by atoms with Crippen LogP contribution in [0.4, 0.5) is 0 Å². The summed E-state index contributed by atoms with van der Waals surface area (Å²) >= 11 is 5.90. The predicted octanol–water partition coefficient (Wildman–Crippen LogP) is 1.23. The van der Waals surface area contributed by atoms with Gasteiger partial charge in [0.2, 0.25) is 12.2 Å². The molecule has 1 aromatic carbocycles. The number of benzene rings is 1. The van der Waals surface area contributed by atoms with Crippen molar-refractivity contribution in [2.75, 3.05) is 0 Å². The smallest absolute Gasteiger partial charge is 0.209 e. The Balaban J connectivity index is 2.59. The third-order valence-electron chi connectivity index (χ3n) is 1.59. The van der Waals surface area contributed by atoms with Crippen molar-refractivity contribution in [2.45, 2.75) is 6.54 Å². The van der Waals surface area contributed by atoms with Crippen LogP contribution in [-0.2, 0) is 6.54 Å². The maximum absolute atomic E-state index is 8.20. The summed E-state index contributed by atoms with van der Waals surface area (Å²) in [6.45, 7) is 0.455. The van der Waals surface area contributed by atoms with Gasteiger partial charge in [-0.25, -0.2) is 0 Å². The summed E-state index contributed by atoms with van der Waals surface area (Å²) in [4.78, 5) is 3.32. The molecule has 0 amide bonds. The first-order valence-corrected chi connectivity index (χ1v) is 4.31. The van der Waals surface area contributed by atoms with Crippen LogP contribution in [0.25, 0.3) is 0 Å². The minimum atomic E-state index is 0.0902. The van der Waals surface area contributed by atoms with Gasteiger partial charge in [-0.05, 0) is 11.6 Å². The second-order valence-electron chi connectivity index (χ2n) is 2.54. The monoisotopic (exact) mass is 208 g/mol. The molecule has 1 aromatic rings. The van der Waals surface area contributed by atoms with Crippen LogP contribution in [0.5, 0.6) is 0 Å². The van der Waals surface area contributed by atoms with Gasteiger partial charge in [-0.3, -0.25) is 0 Å².